The van der Waals surface area contributed by atoms with E-state index in [1.165, 1.54) is 0 Å². The minimum Gasteiger partial charge on any atom is -0.453 e. The third kappa shape index (κ3) is 1.86. The van der Waals surface area contributed by atoms with Crippen molar-refractivity contribution in [1.29, 1.82) is 0 Å². The third-order valence-electron chi connectivity index (χ3n) is 3.97. The van der Waals surface area contributed by atoms with Gasteiger partial charge in [0.15, 0.2) is 11.5 Å². The SMILES string of the molecule is c1ccc2c(c1)Oc1ccccc1N2[C@H]1CCCOC1. The summed E-state index contributed by atoms with van der Waals surface area (Å²) >= 11 is 0. The molecule has 1 fully saturated rings. The van der Waals surface area contributed by atoms with Crippen molar-refractivity contribution in [3.8, 4) is 11.5 Å². The van der Waals surface area contributed by atoms with E-state index >= 15 is 0 Å². The zero-order valence-corrected chi connectivity index (χ0v) is 11.3. The molecule has 0 unspecified atom stereocenters. The Hall–Kier alpha value is -2.00. The van der Waals surface area contributed by atoms with Crippen LogP contribution in [0.5, 0.6) is 11.5 Å². The van der Waals surface area contributed by atoms with E-state index in [1.807, 2.05) is 24.3 Å². The number of rotatable bonds is 1. The van der Waals surface area contributed by atoms with Crippen molar-refractivity contribution in [2.75, 3.05) is 18.1 Å². The average Bonchev–Trinajstić information content (AvgIpc) is 2.53. The van der Waals surface area contributed by atoms with Gasteiger partial charge in [-0.2, -0.15) is 0 Å². The fourth-order valence-corrected chi connectivity index (χ4v) is 3.05. The van der Waals surface area contributed by atoms with E-state index < -0.39 is 0 Å². The highest BCUT2D eigenvalue weighted by Crippen LogP contribution is 2.47. The van der Waals surface area contributed by atoms with Crippen molar-refractivity contribution in [3.63, 3.8) is 0 Å². The molecular weight excluding hydrogens is 250 g/mol. The number of benzene rings is 2. The fraction of sp³-hybridized carbons (Fsp3) is 0.294. The quantitative estimate of drug-likeness (QED) is 0.776. The summed E-state index contributed by atoms with van der Waals surface area (Å²) in [6, 6.07) is 16.9. The van der Waals surface area contributed by atoms with Crippen LogP contribution in [0.2, 0.25) is 0 Å². The van der Waals surface area contributed by atoms with Crippen LogP contribution in [-0.4, -0.2) is 19.3 Å². The first-order chi connectivity index (χ1) is 9.93. The molecule has 2 aromatic carbocycles. The van der Waals surface area contributed by atoms with Crippen LogP contribution in [-0.2, 0) is 4.74 Å². The van der Waals surface area contributed by atoms with E-state index in [1.54, 1.807) is 0 Å². The predicted molar refractivity (Wildman–Crippen MR) is 78.9 cm³/mol. The van der Waals surface area contributed by atoms with Gasteiger partial charge in [-0.25, -0.2) is 0 Å². The zero-order valence-electron chi connectivity index (χ0n) is 11.3. The number of hydrogen-bond donors (Lipinski definition) is 0. The number of para-hydroxylation sites is 4. The number of hydrogen-bond acceptors (Lipinski definition) is 3. The molecule has 0 bridgehead atoms. The lowest BCUT2D eigenvalue weighted by molar-refractivity contribution is 0.0817. The van der Waals surface area contributed by atoms with E-state index in [9.17, 15) is 0 Å². The Bertz CT molecular complexity index is 574. The van der Waals surface area contributed by atoms with Gasteiger partial charge >= 0.3 is 0 Å². The number of fused-ring (bicyclic) bond motifs is 2. The Kier molecular flexibility index (Phi) is 2.85. The topological polar surface area (TPSA) is 21.7 Å². The molecule has 2 heterocycles. The van der Waals surface area contributed by atoms with E-state index in [-0.39, 0.29) is 0 Å². The smallest absolute Gasteiger partial charge is 0.151 e. The van der Waals surface area contributed by atoms with Gasteiger partial charge in [0.2, 0.25) is 0 Å². The normalized spacial score (nSPS) is 20.8. The number of ether oxygens (including phenoxy) is 2. The largest absolute Gasteiger partial charge is 0.453 e. The molecule has 3 nitrogen and oxygen atoms in total. The highest BCUT2D eigenvalue weighted by Gasteiger charge is 2.30. The van der Waals surface area contributed by atoms with E-state index in [0.29, 0.717) is 6.04 Å². The van der Waals surface area contributed by atoms with Crippen molar-refractivity contribution in [3.05, 3.63) is 48.5 Å². The van der Waals surface area contributed by atoms with Gasteiger partial charge < -0.3 is 14.4 Å². The molecule has 1 atom stereocenters. The number of anilines is 2. The summed E-state index contributed by atoms with van der Waals surface area (Å²) in [5, 5.41) is 0. The molecule has 0 saturated carbocycles. The third-order valence-corrected chi connectivity index (χ3v) is 3.97. The molecule has 20 heavy (non-hydrogen) atoms. The summed E-state index contributed by atoms with van der Waals surface area (Å²) in [5.41, 5.74) is 2.28. The van der Waals surface area contributed by atoms with Gasteiger partial charge in [0.05, 0.1) is 24.0 Å². The molecule has 2 aromatic rings. The lowest BCUT2D eigenvalue weighted by atomic mass is 10.0. The maximum atomic E-state index is 6.02. The second-order valence-corrected chi connectivity index (χ2v) is 5.28. The van der Waals surface area contributed by atoms with Crippen LogP contribution in [0, 0.1) is 0 Å². The Morgan fingerprint density at radius 2 is 1.55 bits per heavy atom. The van der Waals surface area contributed by atoms with Gasteiger partial charge in [0.1, 0.15) is 0 Å². The summed E-state index contributed by atoms with van der Waals surface area (Å²) in [5.74, 6) is 1.86. The first kappa shape index (κ1) is 11.8. The van der Waals surface area contributed by atoms with Crippen LogP contribution in [0.1, 0.15) is 12.8 Å². The first-order valence-electron chi connectivity index (χ1n) is 7.16. The lowest BCUT2D eigenvalue weighted by Crippen LogP contribution is -2.39. The summed E-state index contributed by atoms with van der Waals surface area (Å²) in [6.45, 7) is 1.66. The Morgan fingerprint density at radius 1 is 0.900 bits per heavy atom. The minimum absolute atomic E-state index is 0.384. The Balaban J connectivity index is 1.83. The van der Waals surface area contributed by atoms with Crippen molar-refractivity contribution >= 4 is 11.4 Å². The molecule has 0 spiro atoms. The van der Waals surface area contributed by atoms with Crippen LogP contribution in [0.25, 0.3) is 0 Å². The van der Waals surface area contributed by atoms with Crippen LogP contribution in [0.3, 0.4) is 0 Å². The average molecular weight is 267 g/mol. The molecular formula is C17H17NO2. The molecule has 0 aromatic heterocycles. The van der Waals surface area contributed by atoms with E-state index in [0.717, 1.165) is 48.9 Å². The van der Waals surface area contributed by atoms with E-state index in [2.05, 4.69) is 29.2 Å². The van der Waals surface area contributed by atoms with E-state index in [4.69, 9.17) is 9.47 Å². The van der Waals surface area contributed by atoms with Gasteiger partial charge in [0, 0.05) is 6.61 Å². The maximum absolute atomic E-state index is 6.02. The van der Waals surface area contributed by atoms with Crippen LogP contribution in [0.15, 0.2) is 48.5 Å². The standard InChI is InChI=1S/C17H17NO2/c1-3-9-16-14(7-1)18(13-6-5-11-19-12-13)15-8-2-4-10-17(15)20-16/h1-4,7-10,13H,5-6,11-12H2/t13-/m0/s1. The molecule has 4 rings (SSSR count). The fourth-order valence-electron chi connectivity index (χ4n) is 3.05. The van der Waals surface area contributed by atoms with Crippen LogP contribution in [0.4, 0.5) is 11.4 Å². The Labute approximate surface area is 118 Å². The van der Waals surface area contributed by atoms with Gasteiger partial charge in [-0.05, 0) is 37.1 Å². The predicted octanol–water partition coefficient (Wildman–Crippen LogP) is 4.11. The van der Waals surface area contributed by atoms with Gasteiger partial charge in [0.25, 0.3) is 0 Å². The van der Waals surface area contributed by atoms with Crippen molar-refractivity contribution < 1.29 is 9.47 Å². The van der Waals surface area contributed by atoms with Crippen molar-refractivity contribution in [1.82, 2.24) is 0 Å². The molecule has 0 aliphatic carbocycles. The van der Waals surface area contributed by atoms with Gasteiger partial charge in [-0.1, -0.05) is 24.3 Å². The summed E-state index contributed by atoms with van der Waals surface area (Å²) < 4.78 is 11.7. The Morgan fingerprint density at radius 3 is 2.15 bits per heavy atom. The van der Waals surface area contributed by atoms with Crippen molar-refractivity contribution in [2.45, 2.75) is 18.9 Å². The number of nitrogens with zero attached hydrogens (tertiary/aromatic N) is 1. The molecule has 102 valence electrons. The molecule has 2 aliphatic rings. The summed E-state index contributed by atoms with van der Waals surface area (Å²) in [4.78, 5) is 2.38. The molecule has 3 heteroatoms. The van der Waals surface area contributed by atoms with Crippen LogP contribution < -0.4 is 9.64 Å². The lowest BCUT2D eigenvalue weighted by Gasteiger charge is -2.39. The van der Waals surface area contributed by atoms with Gasteiger partial charge in [-0.3, -0.25) is 0 Å². The highest BCUT2D eigenvalue weighted by molar-refractivity contribution is 5.78. The van der Waals surface area contributed by atoms with Gasteiger partial charge in [-0.15, -0.1) is 0 Å². The highest BCUT2D eigenvalue weighted by atomic mass is 16.5. The summed E-state index contributed by atoms with van der Waals surface area (Å²) in [7, 11) is 0. The molecule has 2 aliphatic heterocycles. The minimum atomic E-state index is 0.384. The molecule has 0 N–H and O–H groups in total. The second kappa shape index (κ2) is 4.84. The molecule has 1 saturated heterocycles. The summed E-state index contributed by atoms with van der Waals surface area (Å²) in [6.07, 6.45) is 2.27. The molecule has 0 radical (unpaired) electrons. The first-order valence-corrected chi connectivity index (χ1v) is 7.16. The maximum Gasteiger partial charge on any atom is 0.151 e. The van der Waals surface area contributed by atoms with Crippen LogP contribution >= 0.6 is 0 Å². The van der Waals surface area contributed by atoms with Crippen molar-refractivity contribution in [2.24, 2.45) is 0 Å². The monoisotopic (exact) mass is 267 g/mol. The second-order valence-electron chi connectivity index (χ2n) is 5.28. The molecule has 0 amide bonds. The zero-order chi connectivity index (χ0) is 13.4.